The second kappa shape index (κ2) is 6.06. The van der Waals surface area contributed by atoms with Crippen molar-refractivity contribution in [3.05, 3.63) is 71.4 Å². The number of aromatic amines is 1. The van der Waals surface area contributed by atoms with E-state index in [4.69, 9.17) is 0 Å². The minimum Gasteiger partial charge on any atom is -0.361 e. The van der Waals surface area contributed by atoms with Crippen molar-refractivity contribution in [3.8, 4) is 0 Å². The minimum atomic E-state index is -0.526. The lowest BCUT2D eigenvalue weighted by Crippen LogP contribution is -2.16. The summed E-state index contributed by atoms with van der Waals surface area (Å²) >= 11 is 0. The maximum atomic E-state index is 13.1. The zero-order valence-electron chi connectivity index (χ0n) is 11.5. The lowest BCUT2D eigenvalue weighted by molar-refractivity contribution is 0.577. The smallest absolute Gasteiger partial charge is 0.126 e. The van der Waals surface area contributed by atoms with E-state index >= 15 is 0 Å². The number of aromatic nitrogens is 1. The average molecular weight is 286 g/mol. The zero-order valence-corrected chi connectivity index (χ0v) is 11.5. The fraction of sp³-hybridized carbons (Fsp3) is 0.176. The molecule has 21 heavy (non-hydrogen) atoms. The third-order valence-electron chi connectivity index (χ3n) is 3.50. The molecule has 4 heteroatoms. The number of benzene rings is 2. The summed E-state index contributed by atoms with van der Waals surface area (Å²) in [5.74, 6) is -1.05. The number of rotatable bonds is 5. The molecule has 2 nitrogen and oxygen atoms in total. The SMILES string of the molecule is Fc1cc(F)cc(CCNCc2c[nH]c3ccccc23)c1. The van der Waals surface area contributed by atoms with Gasteiger partial charge in [-0.25, -0.2) is 8.78 Å². The summed E-state index contributed by atoms with van der Waals surface area (Å²) < 4.78 is 26.1. The second-order valence-corrected chi connectivity index (χ2v) is 5.06. The van der Waals surface area contributed by atoms with Gasteiger partial charge in [-0.05, 0) is 42.3 Å². The fourth-order valence-corrected chi connectivity index (χ4v) is 2.49. The molecule has 0 bridgehead atoms. The molecule has 2 N–H and O–H groups in total. The Bertz CT molecular complexity index is 729. The topological polar surface area (TPSA) is 27.8 Å². The van der Waals surface area contributed by atoms with Crippen LogP contribution in [0.15, 0.2) is 48.7 Å². The predicted molar refractivity (Wildman–Crippen MR) is 80.1 cm³/mol. The van der Waals surface area contributed by atoms with Gasteiger partial charge in [-0.3, -0.25) is 0 Å². The molecule has 0 atom stereocenters. The lowest BCUT2D eigenvalue weighted by Gasteiger charge is -2.05. The molecular formula is C17H16F2N2. The van der Waals surface area contributed by atoms with Crippen LogP contribution < -0.4 is 5.32 Å². The monoisotopic (exact) mass is 286 g/mol. The van der Waals surface area contributed by atoms with Crippen LogP contribution in [0.2, 0.25) is 0 Å². The van der Waals surface area contributed by atoms with Gasteiger partial charge < -0.3 is 10.3 Å². The van der Waals surface area contributed by atoms with E-state index in [0.29, 0.717) is 18.5 Å². The zero-order chi connectivity index (χ0) is 14.7. The van der Waals surface area contributed by atoms with Gasteiger partial charge >= 0.3 is 0 Å². The molecule has 0 amide bonds. The molecular weight excluding hydrogens is 270 g/mol. The van der Waals surface area contributed by atoms with Crippen molar-refractivity contribution in [1.29, 1.82) is 0 Å². The molecule has 0 aliphatic heterocycles. The number of halogens is 2. The van der Waals surface area contributed by atoms with Crippen LogP contribution in [0, 0.1) is 11.6 Å². The molecule has 0 spiro atoms. The van der Waals surface area contributed by atoms with Gasteiger partial charge in [0.25, 0.3) is 0 Å². The third-order valence-corrected chi connectivity index (χ3v) is 3.50. The van der Waals surface area contributed by atoms with E-state index in [1.54, 1.807) is 0 Å². The molecule has 3 aromatic rings. The van der Waals surface area contributed by atoms with Crippen LogP contribution >= 0.6 is 0 Å². The van der Waals surface area contributed by atoms with Crippen LogP contribution in [0.1, 0.15) is 11.1 Å². The van der Waals surface area contributed by atoms with E-state index in [-0.39, 0.29) is 0 Å². The van der Waals surface area contributed by atoms with Gasteiger partial charge in [0, 0.05) is 29.7 Å². The standard InChI is InChI=1S/C17H16F2N2/c18-14-7-12(8-15(19)9-14)5-6-20-10-13-11-21-17-4-2-1-3-16(13)17/h1-4,7-9,11,20-21H,5-6,10H2. The summed E-state index contributed by atoms with van der Waals surface area (Å²) in [4.78, 5) is 3.22. The number of H-pyrrole nitrogens is 1. The van der Waals surface area contributed by atoms with E-state index in [9.17, 15) is 8.78 Å². The van der Waals surface area contributed by atoms with Gasteiger partial charge in [-0.15, -0.1) is 0 Å². The van der Waals surface area contributed by atoms with Crippen molar-refractivity contribution in [2.45, 2.75) is 13.0 Å². The molecule has 0 unspecified atom stereocenters. The van der Waals surface area contributed by atoms with Gasteiger partial charge in [-0.2, -0.15) is 0 Å². The Kier molecular flexibility index (Phi) is 3.97. The second-order valence-electron chi connectivity index (χ2n) is 5.06. The summed E-state index contributed by atoms with van der Waals surface area (Å²) in [5.41, 5.74) is 2.97. The van der Waals surface area contributed by atoms with Gasteiger partial charge in [0.15, 0.2) is 0 Å². The molecule has 0 saturated carbocycles. The highest BCUT2D eigenvalue weighted by atomic mass is 19.1. The molecule has 0 aliphatic rings. The largest absolute Gasteiger partial charge is 0.361 e. The molecule has 108 valence electrons. The van der Waals surface area contributed by atoms with Crippen LogP contribution in [-0.4, -0.2) is 11.5 Å². The summed E-state index contributed by atoms with van der Waals surface area (Å²) in [6, 6.07) is 11.7. The van der Waals surface area contributed by atoms with E-state index in [2.05, 4.69) is 16.4 Å². The molecule has 1 aromatic heterocycles. The quantitative estimate of drug-likeness (QED) is 0.686. The Balaban J connectivity index is 1.56. The maximum Gasteiger partial charge on any atom is 0.126 e. The summed E-state index contributed by atoms with van der Waals surface area (Å²) in [5, 5.41) is 4.50. The summed E-state index contributed by atoms with van der Waals surface area (Å²) in [6.45, 7) is 1.39. The lowest BCUT2D eigenvalue weighted by atomic mass is 10.1. The minimum absolute atomic E-state index is 0.526. The van der Waals surface area contributed by atoms with Crippen LogP contribution in [0.25, 0.3) is 10.9 Å². The van der Waals surface area contributed by atoms with Gasteiger partial charge in [0.1, 0.15) is 11.6 Å². The number of hydrogen-bond acceptors (Lipinski definition) is 1. The van der Waals surface area contributed by atoms with Crippen LogP contribution in [-0.2, 0) is 13.0 Å². The van der Waals surface area contributed by atoms with Crippen LogP contribution in [0.5, 0.6) is 0 Å². The fourth-order valence-electron chi connectivity index (χ4n) is 2.49. The Morgan fingerprint density at radius 2 is 1.76 bits per heavy atom. The first-order chi connectivity index (χ1) is 10.2. The Labute approximate surface area is 121 Å². The molecule has 1 heterocycles. The van der Waals surface area contributed by atoms with E-state index in [1.807, 2.05) is 24.4 Å². The van der Waals surface area contributed by atoms with Crippen molar-refractivity contribution in [3.63, 3.8) is 0 Å². The number of para-hydroxylation sites is 1. The third kappa shape index (κ3) is 3.28. The van der Waals surface area contributed by atoms with Crippen molar-refractivity contribution in [2.24, 2.45) is 0 Å². The van der Waals surface area contributed by atoms with Crippen molar-refractivity contribution < 1.29 is 8.78 Å². The summed E-state index contributed by atoms with van der Waals surface area (Å²) in [7, 11) is 0. The van der Waals surface area contributed by atoms with Crippen molar-refractivity contribution >= 4 is 10.9 Å². The molecule has 2 aromatic carbocycles. The average Bonchev–Trinajstić information content (AvgIpc) is 2.86. The Morgan fingerprint density at radius 1 is 1.00 bits per heavy atom. The normalized spacial score (nSPS) is 11.1. The maximum absolute atomic E-state index is 13.1. The molecule has 3 rings (SSSR count). The first kappa shape index (κ1) is 13.8. The van der Waals surface area contributed by atoms with Crippen LogP contribution in [0.3, 0.4) is 0 Å². The first-order valence-corrected chi connectivity index (χ1v) is 6.93. The number of nitrogens with one attached hydrogen (secondary N) is 2. The van der Waals surface area contributed by atoms with E-state index in [0.717, 1.165) is 18.1 Å². The molecule has 0 saturated heterocycles. The van der Waals surface area contributed by atoms with Crippen molar-refractivity contribution in [1.82, 2.24) is 10.3 Å². The highest BCUT2D eigenvalue weighted by Gasteiger charge is 2.03. The number of hydrogen-bond donors (Lipinski definition) is 2. The van der Waals surface area contributed by atoms with E-state index < -0.39 is 11.6 Å². The van der Waals surface area contributed by atoms with Gasteiger partial charge in [0.05, 0.1) is 0 Å². The van der Waals surface area contributed by atoms with Gasteiger partial charge in [-0.1, -0.05) is 18.2 Å². The Morgan fingerprint density at radius 3 is 2.57 bits per heavy atom. The van der Waals surface area contributed by atoms with E-state index in [1.165, 1.54) is 23.1 Å². The number of fused-ring (bicyclic) bond motifs is 1. The van der Waals surface area contributed by atoms with Crippen molar-refractivity contribution in [2.75, 3.05) is 6.54 Å². The Hall–Kier alpha value is -2.20. The first-order valence-electron chi connectivity index (χ1n) is 6.93. The highest BCUT2D eigenvalue weighted by molar-refractivity contribution is 5.82. The predicted octanol–water partition coefficient (Wildman–Crippen LogP) is 3.78. The highest BCUT2D eigenvalue weighted by Crippen LogP contribution is 2.17. The molecule has 0 radical (unpaired) electrons. The molecule has 0 aliphatic carbocycles. The summed E-state index contributed by atoms with van der Waals surface area (Å²) in [6.07, 6.45) is 2.58. The van der Waals surface area contributed by atoms with Crippen LogP contribution in [0.4, 0.5) is 8.78 Å². The van der Waals surface area contributed by atoms with Gasteiger partial charge in [0.2, 0.25) is 0 Å². The molecule has 0 fully saturated rings.